The number of hydrogen-bond donors (Lipinski definition) is 0. The quantitative estimate of drug-likeness (QED) is 0.590. The number of fused-ring (bicyclic) bond motifs is 1. The summed E-state index contributed by atoms with van der Waals surface area (Å²) in [5.74, 6) is 1.12. The van der Waals surface area contributed by atoms with E-state index in [9.17, 15) is 0 Å². The fourth-order valence-electron chi connectivity index (χ4n) is 1.90. The SMILES string of the molecule is Cc1ccc2c(c1C)OC(C)(C)C2. The highest BCUT2D eigenvalue weighted by Gasteiger charge is 2.31. The number of hydrogen-bond acceptors (Lipinski definition) is 1. The molecule has 0 saturated carbocycles. The van der Waals surface area contributed by atoms with E-state index in [4.69, 9.17) is 4.74 Å². The highest BCUT2D eigenvalue weighted by atomic mass is 16.5. The summed E-state index contributed by atoms with van der Waals surface area (Å²) >= 11 is 0. The van der Waals surface area contributed by atoms with E-state index in [2.05, 4.69) is 39.8 Å². The lowest BCUT2D eigenvalue weighted by Gasteiger charge is -2.17. The maximum atomic E-state index is 5.91. The third-order valence-corrected chi connectivity index (χ3v) is 2.75. The summed E-state index contributed by atoms with van der Waals surface area (Å²) in [6, 6.07) is 4.37. The van der Waals surface area contributed by atoms with Crippen molar-refractivity contribution in [3.8, 4) is 5.75 Å². The maximum absolute atomic E-state index is 5.91. The van der Waals surface area contributed by atoms with Crippen LogP contribution < -0.4 is 4.74 Å². The van der Waals surface area contributed by atoms with Crippen LogP contribution in [0.15, 0.2) is 12.1 Å². The Balaban J connectivity index is 2.53. The van der Waals surface area contributed by atoms with Gasteiger partial charge < -0.3 is 4.74 Å². The second-order valence-electron chi connectivity index (χ2n) is 4.53. The molecule has 0 amide bonds. The summed E-state index contributed by atoms with van der Waals surface area (Å²) in [6.45, 7) is 8.55. The maximum Gasteiger partial charge on any atom is 0.126 e. The van der Waals surface area contributed by atoms with Crippen molar-refractivity contribution >= 4 is 0 Å². The normalized spacial score (nSPS) is 18.2. The predicted octanol–water partition coefficient (Wildman–Crippen LogP) is 3.02. The van der Waals surface area contributed by atoms with E-state index in [-0.39, 0.29) is 5.60 Å². The van der Waals surface area contributed by atoms with Gasteiger partial charge in [-0.25, -0.2) is 0 Å². The molecule has 70 valence electrons. The zero-order chi connectivity index (χ0) is 9.64. The van der Waals surface area contributed by atoms with Crippen LogP contribution in [0.25, 0.3) is 0 Å². The monoisotopic (exact) mass is 176 g/mol. The molecule has 1 aromatic carbocycles. The van der Waals surface area contributed by atoms with Gasteiger partial charge in [-0.15, -0.1) is 0 Å². The van der Waals surface area contributed by atoms with Crippen molar-refractivity contribution in [2.45, 2.75) is 39.7 Å². The Morgan fingerprint density at radius 3 is 2.62 bits per heavy atom. The van der Waals surface area contributed by atoms with E-state index in [1.165, 1.54) is 16.7 Å². The average molecular weight is 176 g/mol. The molecule has 1 nitrogen and oxygen atoms in total. The molecule has 1 heterocycles. The van der Waals surface area contributed by atoms with Crippen LogP contribution in [0.3, 0.4) is 0 Å². The molecular formula is C12H16O. The van der Waals surface area contributed by atoms with Crippen LogP contribution in [0.1, 0.15) is 30.5 Å². The van der Waals surface area contributed by atoms with Crippen molar-refractivity contribution in [3.05, 3.63) is 28.8 Å². The number of aryl methyl sites for hydroxylation is 1. The lowest BCUT2D eigenvalue weighted by molar-refractivity contribution is 0.137. The third-order valence-electron chi connectivity index (χ3n) is 2.75. The van der Waals surface area contributed by atoms with Crippen molar-refractivity contribution < 1.29 is 4.74 Å². The molecule has 0 atom stereocenters. The van der Waals surface area contributed by atoms with E-state index in [0.29, 0.717) is 0 Å². The summed E-state index contributed by atoms with van der Waals surface area (Å²) in [5, 5.41) is 0. The molecule has 0 unspecified atom stereocenters. The fourth-order valence-corrected chi connectivity index (χ4v) is 1.90. The molecule has 1 heteroatoms. The van der Waals surface area contributed by atoms with Gasteiger partial charge in [-0.05, 0) is 44.4 Å². The Bertz CT molecular complexity index is 350. The van der Waals surface area contributed by atoms with Gasteiger partial charge in [-0.3, -0.25) is 0 Å². The van der Waals surface area contributed by atoms with Crippen LogP contribution in [-0.2, 0) is 6.42 Å². The molecule has 0 aliphatic carbocycles. The highest BCUT2D eigenvalue weighted by Crippen LogP contribution is 2.38. The molecule has 13 heavy (non-hydrogen) atoms. The Kier molecular flexibility index (Phi) is 1.66. The molecule has 0 aromatic heterocycles. The largest absolute Gasteiger partial charge is 0.487 e. The molecule has 1 aliphatic heterocycles. The second-order valence-corrected chi connectivity index (χ2v) is 4.53. The van der Waals surface area contributed by atoms with Gasteiger partial charge in [0.05, 0.1) is 0 Å². The molecule has 1 aliphatic rings. The standard InChI is InChI=1S/C12H16O/c1-8-5-6-10-7-12(3,4)13-11(10)9(8)2/h5-6H,7H2,1-4H3. The van der Waals surface area contributed by atoms with Gasteiger partial charge in [0.2, 0.25) is 0 Å². The van der Waals surface area contributed by atoms with Crippen LogP contribution in [0, 0.1) is 13.8 Å². The van der Waals surface area contributed by atoms with E-state index in [1.54, 1.807) is 0 Å². The van der Waals surface area contributed by atoms with E-state index >= 15 is 0 Å². The van der Waals surface area contributed by atoms with Crippen LogP contribution in [0.4, 0.5) is 0 Å². The van der Waals surface area contributed by atoms with Gasteiger partial charge >= 0.3 is 0 Å². The van der Waals surface area contributed by atoms with Crippen molar-refractivity contribution in [3.63, 3.8) is 0 Å². The van der Waals surface area contributed by atoms with E-state index in [1.807, 2.05) is 0 Å². The summed E-state index contributed by atoms with van der Waals surface area (Å²) in [4.78, 5) is 0. The summed E-state index contributed by atoms with van der Waals surface area (Å²) in [6.07, 6.45) is 1.03. The summed E-state index contributed by atoms with van der Waals surface area (Å²) < 4.78 is 5.91. The van der Waals surface area contributed by atoms with Crippen molar-refractivity contribution in [1.82, 2.24) is 0 Å². The fraction of sp³-hybridized carbons (Fsp3) is 0.500. The zero-order valence-corrected chi connectivity index (χ0v) is 8.77. The van der Waals surface area contributed by atoms with Gasteiger partial charge in [0.1, 0.15) is 11.4 Å². The minimum Gasteiger partial charge on any atom is -0.487 e. The average Bonchev–Trinajstić information content (AvgIpc) is 2.34. The Hall–Kier alpha value is -0.980. The summed E-state index contributed by atoms with van der Waals surface area (Å²) in [5.41, 5.74) is 3.95. The van der Waals surface area contributed by atoms with Crippen molar-refractivity contribution in [2.75, 3.05) is 0 Å². The zero-order valence-electron chi connectivity index (χ0n) is 8.77. The molecule has 0 N–H and O–H groups in total. The summed E-state index contributed by atoms with van der Waals surface area (Å²) in [7, 11) is 0. The van der Waals surface area contributed by atoms with Gasteiger partial charge in [0.25, 0.3) is 0 Å². The van der Waals surface area contributed by atoms with Crippen LogP contribution >= 0.6 is 0 Å². The smallest absolute Gasteiger partial charge is 0.126 e. The van der Waals surface area contributed by atoms with Gasteiger partial charge in [0.15, 0.2) is 0 Å². The molecule has 2 rings (SSSR count). The first-order chi connectivity index (χ1) is 5.99. The van der Waals surface area contributed by atoms with Gasteiger partial charge in [-0.2, -0.15) is 0 Å². The predicted molar refractivity (Wildman–Crippen MR) is 54.3 cm³/mol. The van der Waals surface area contributed by atoms with Crippen molar-refractivity contribution in [2.24, 2.45) is 0 Å². The molecule has 1 aromatic rings. The molecule has 0 fully saturated rings. The minimum atomic E-state index is -0.0130. The third kappa shape index (κ3) is 1.32. The molecule has 0 bridgehead atoms. The Morgan fingerprint density at radius 2 is 1.92 bits per heavy atom. The first-order valence-corrected chi connectivity index (χ1v) is 4.78. The number of ether oxygens (including phenoxy) is 1. The van der Waals surface area contributed by atoms with E-state index in [0.717, 1.165) is 12.2 Å². The van der Waals surface area contributed by atoms with Gasteiger partial charge in [-0.1, -0.05) is 12.1 Å². The second kappa shape index (κ2) is 2.50. The lowest BCUT2D eigenvalue weighted by Crippen LogP contribution is -2.24. The highest BCUT2D eigenvalue weighted by molar-refractivity contribution is 5.48. The Morgan fingerprint density at radius 1 is 1.23 bits per heavy atom. The first kappa shape index (κ1) is 8.61. The lowest BCUT2D eigenvalue weighted by atomic mass is 9.99. The topological polar surface area (TPSA) is 9.23 Å². The van der Waals surface area contributed by atoms with Crippen LogP contribution in [0.2, 0.25) is 0 Å². The first-order valence-electron chi connectivity index (χ1n) is 4.78. The van der Waals surface area contributed by atoms with Gasteiger partial charge in [0, 0.05) is 6.42 Å². The molecule has 0 saturated heterocycles. The molecule has 0 spiro atoms. The molecular weight excluding hydrogens is 160 g/mol. The Labute approximate surface area is 79.7 Å². The van der Waals surface area contributed by atoms with E-state index < -0.39 is 0 Å². The minimum absolute atomic E-state index is 0.0130. The number of rotatable bonds is 0. The van der Waals surface area contributed by atoms with Crippen LogP contribution in [0.5, 0.6) is 5.75 Å². The van der Waals surface area contributed by atoms with Crippen LogP contribution in [-0.4, -0.2) is 5.60 Å². The number of benzene rings is 1. The molecule has 0 radical (unpaired) electrons. The van der Waals surface area contributed by atoms with Crippen molar-refractivity contribution in [1.29, 1.82) is 0 Å².